The lowest BCUT2D eigenvalue weighted by atomic mass is 10.1. The van der Waals surface area contributed by atoms with Crippen molar-refractivity contribution in [1.29, 1.82) is 0 Å². The Hall–Kier alpha value is -3.26. The minimum Gasteiger partial charge on any atom is -0.436 e. The third-order valence-electron chi connectivity index (χ3n) is 5.02. The summed E-state index contributed by atoms with van der Waals surface area (Å²) in [6.07, 6.45) is 1.32. The van der Waals surface area contributed by atoms with Crippen LogP contribution in [0.25, 0.3) is 0 Å². The number of hydrogen-bond acceptors (Lipinski definition) is 5. The zero-order chi connectivity index (χ0) is 22.0. The molecule has 1 atom stereocenters. The fourth-order valence-corrected chi connectivity index (χ4v) is 3.67. The normalized spacial score (nSPS) is 16.3. The Bertz CT molecular complexity index is 1110. The molecule has 1 aliphatic heterocycles. The molecule has 3 aromatic rings. The highest BCUT2D eigenvalue weighted by Gasteiger charge is 2.29. The molecule has 1 fully saturated rings. The number of amides is 1. The fraction of sp³-hybridized carbons (Fsp3) is 0.227. The van der Waals surface area contributed by atoms with E-state index in [-0.39, 0.29) is 23.6 Å². The van der Waals surface area contributed by atoms with Crippen LogP contribution in [0.3, 0.4) is 0 Å². The van der Waals surface area contributed by atoms with E-state index in [1.54, 1.807) is 35.2 Å². The molecule has 0 N–H and O–H groups in total. The topological polar surface area (TPSA) is 58.6 Å². The molecule has 2 aromatic carbocycles. The highest BCUT2D eigenvalue weighted by atomic mass is 35.5. The van der Waals surface area contributed by atoms with Crippen molar-refractivity contribution < 1.29 is 18.3 Å². The number of carbonyl (C=O) groups is 1. The van der Waals surface area contributed by atoms with Gasteiger partial charge in [-0.15, -0.1) is 0 Å². The molecule has 1 aromatic heterocycles. The number of ether oxygens (including phenoxy) is 1. The predicted octanol–water partition coefficient (Wildman–Crippen LogP) is 4.55. The van der Waals surface area contributed by atoms with E-state index in [2.05, 4.69) is 9.97 Å². The van der Waals surface area contributed by atoms with Crippen LogP contribution in [0.15, 0.2) is 54.9 Å². The summed E-state index contributed by atoms with van der Waals surface area (Å²) in [5.41, 5.74) is 0.548. The van der Waals surface area contributed by atoms with Crippen LogP contribution in [0.5, 0.6) is 11.6 Å². The monoisotopic (exact) mass is 444 g/mol. The smallest absolute Gasteiger partial charge is 0.254 e. The second-order valence-electron chi connectivity index (χ2n) is 7.20. The van der Waals surface area contributed by atoms with Crippen LogP contribution in [-0.2, 0) is 0 Å². The molecule has 0 aliphatic carbocycles. The van der Waals surface area contributed by atoms with Gasteiger partial charge in [-0.05, 0) is 37.3 Å². The third kappa shape index (κ3) is 4.74. The van der Waals surface area contributed by atoms with Gasteiger partial charge in [0.05, 0.1) is 0 Å². The Morgan fingerprint density at radius 1 is 1.13 bits per heavy atom. The molecule has 9 heteroatoms. The van der Waals surface area contributed by atoms with Crippen LogP contribution in [0, 0.1) is 11.6 Å². The first-order chi connectivity index (χ1) is 14.9. The van der Waals surface area contributed by atoms with E-state index in [0.717, 1.165) is 12.1 Å². The van der Waals surface area contributed by atoms with E-state index < -0.39 is 11.6 Å². The minimum absolute atomic E-state index is 0.0749. The maximum Gasteiger partial charge on any atom is 0.254 e. The molecule has 160 valence electrons. The molecule has 4 rings (SSSR count). The van der Waals surface area contributed by atoms with Gasteiger partial charge >= 0.3 is 0 Å². The number of halogens is 3. The number of nitrogens with zero attached hydrogens (tertiary/aromatic N) is 4. The van der Waals surface area contributed by atoms with Gasteiger partial charge in [0, 0.05) is 48.4 Å². The van der Waals surface area contributed by atoms with Crippen molar-refractivity contribution in [3.63, 3.8) is 0 Å². The number of rotatable bonds is 4. The Morgan fingerprint density at radius 2 is 1.97 bits per heavy atom. The lowest BCUT2D eigenvalue weighted by Crippen LogP contribution is -2.54. The van der Waals surface area contributed by atoms with Crippen LogP contribution in [0.2, 0.25) is 5.02 Å². The highest BCUT2D eigenvalue weighted by Crippen LogP contribution is 2.26. The maximum atomic E-state index is 13.9. The van der Waals surface area contributed by atoms with E-state index in [1.165, 1.54) is 12.4 Å². The van der Waals surface area contributed by atoms with Crippen molar-refractivity contribution in [2.24, 2.45) is 0 Å². The minimum atomic E-state index is -0.818. The Kier molecular flexibility index (Phi) is 5.99. The Morgan fingerprint density at radius 3 is 2.71 bits per heavy atom. The first-order valence-corrected chi connectivity index (χ1v) is 10.0. The molecular weight excluding hydrogens is 426 g/mol. The number of carbonyl (C=O) groups excluding carboxylic acids is 1. The van der Waals surface area contributed by atoms with Crippen molar-refractivity contribution in [1.82, 2.24) is 14.9 Å². The maximum absolute atomic E-state index is 13.9. The first kappa shape index (κ1) is 21.0. The summed E-state index contributed by atoms with van der Waals surface area (Å²) in [5, 5.41) is 0.517. The summed E-state index contributed by atoms with van der Waals surface area (Å²) in [4.78, 5) is 24.9. The lowest BCUT2D eigenvalue weighted by molar-refractivity contribution is 0.0673. The van der Waals surface area contributed by atoms with Crippen molar-refractivity contribution >= 4 is 23.3 Å². The van der Waals surface area contributed by atoms with Crippen LogP contribution in [-0.4, -0.2) is 46.5 Å². The number of aromatic nitrogens is 2. The summed E-state index contributed by atoms with van der Waals surface area (Å²) in [7, 11) is 0. The molecule has 31 heavy (non-hydrogen) atoms. The fourth-order valence-electron chi connectivity index (χ4n) is 3.48. The van der Waals surface area contributed by atoms with E-state index in [4.69, 9.17) is 16.3 Å². The average Bonchev–Trinajstić information content (AvgIpc) is 2.75. The molecular formula is C22H19ClF2N4O2. The number of hydrogen-bond donors (Lipinski definition) is 0. The summed E-state index contributed by atoms with van der Waals surface area (Å²) in [6, 6.07) is 11.5. The molecule has 0 radical (unpaired) electrons. The molecule has 0 spiro atoms. The SMILES string of the molecule is C[C@H]1CN(c2cc(Oc3ccc(F)cc3F)ncn2)CCN1C(=O)c1cccc(Cl)c1. The summed E-state index contributed by atoms with van der Waals surface area (Å²) >= 11 is 6.01. The largest absolute Gasteiger partial charge is 0.436 e. The third-order valence-corrected chi connectivity index (χ3v) is 5.26. The van der Waals surface area contributed by atoms with E-state index >= 15 is 0 Å². The van der Waals surface area contributed by atoms with Crippen molar-refractivity contribution in [2.45, 2.75) is 13.0 Å². The zero-order valence-corrected chi connectivity index (χ0v) is 17.4. The standard InChI is InChI=1S/C22H19ClF2N4O2/c1-14-12-28(7-8-29(14)22(30)15-3-2-4-16(23)9-15)20-11-21(27-13-26-20)31-19-6-5-17(24)10-18(19)25/h2-6,9-11,13-14H,7-8,12H2,1H3/t14-/m0/s1. The Balaban J connectivity index is 1.45. The quantitative estimate of drug-likeness (QED) is 0.590. The Labute approximate surface area is 183 Å². The molecule has 0 unspecified atom stereocenters. The second-order valence-corrected chi connectivity index (χ2v) is 7.63. The first-order valence-electron chi connectivity index (χ1n) is 9.67. The van der Waals surface area contributed by atoms with Crippen LogP contribution in [0.4, 0.5) is 14.6 Å². The molecule has 1 saturated heterocycles. The number of piperazine rings is 1. The summed E-state index contributed by atoms with van der Waals surface area (Å²) < 4.78 is 32.4. The van der Waals surface area contributed by atoms with Gasteiger partial charge < -0.3 is 14.5 Å². The predicted molar refractivity (Wildman–Crippen MR) is 113 cm³/mol. The van der Waals surface area contributed by atoms with Gasteiger partial charge in [0.2, 0.25) is 5.88 Å². The van der Waals surface area contributed by atoms with Crippen molar-refractivity contribution in [2.75, 3.05) is 24.5 Å². The number of anilines is 1. The van der Waals surface area contributed by atoms with Gasteiger partial charge in [-0.1, -0.05) is 17.7 Å². The molecule has 6 nitrogen and oxygen atoms in total. The van der Waals surface area contributed by atoms with Crippen LogP contribution >= 0.6 is 11.6 Å². The van der Waals surface area contributed by atoms with Gasteiger partial charge in [-0.25, -0.2) is 18.7 Å². The van der Waals surface area contributed by atoms with Crippen LogP contribution in [0.1, 0.15) is 17.3 Å². The van der Waals surface area contributed by atoms with Gasteiger partial charge in [0.1, 0.15) is 18.0 Å². The number of benzene rings is 2. The molecule has 1 amide bonds. The lowest BCUT2D eigenvalue weighted by Gasteiger charge is -2.40. The van der Waals surface area contributed by atoms with Crippen molar-refractivity contribution in [3.8, 4) is 11.6 Å². The average molecular weight is 445 g/mol. The van der Waals surface area contributed by atoms with E-state index in [1.807, 2.05) is 11.8 Å². The van der Waals surface area contributed by atoms with Crippen molar-refractivity contribution in [3.05, 3.63) is 77.1 Å². The zero-order valence-electron chi connectivity index (χ0n) is 16.6. The van der Waals surface area contributed by atoms with Crippen LogP contribution < -0.4 is 9.64 Å². The van der Waals surface area contributed by atoms with Gasteiger partial charge in [-0.3, -0.25) is 4.79 Å². The summed E-state index contributed by atoms with van der Waals surface area (Å²) in [5.74, 6) is -0.978. The molecule has 2 heterocycles. The van der Waals surface area contributed by atoms with Gasteiger partial charge in [-0.2, -0.15) is 0 Å². The summed E-state index contributed by atoms with van der Waals surface area (Å²) in [6.45, 7) is 3.56. The highest BCUT2D eigenvalue weighted by molar-refractivity contribution is 6.30. The molecule has 0 saturated carbocycles. The molecule has 0 bridgehead atoms. The van der Waals surface area contributed by atoms with Gasteiger partial charge in [0.25, 0.3) is 5.91 Å². The second kappa shape index (κ2) is 8.85. The van der Waals surface area contributed by atoms with E-state index in [0.29, 0.717) is 36.0 Å². The molecule has 1 aliphatic rings. The van der Waals surface area contributed by atoms with Gasteiger partial charge in [0.15, 0.2) is 11.6 Å². The van der Waals surface area contributed by atoms with E-state index in [9.17, 15) is 13.6 Å².